The van der Waals surface area contributed by atoms with Crippen LogP contribution >= 0.6 is 23.4 Å². The molecule has 0 unspecified atom stereocenters. The molecule has 0 saturated heterocycles. The number of nitrogens with one attached hydrogen (secondary N) is 1. The minimum atomic E-state index is -0.212. The predicted octanol–water partition coefficient (Wildman–Crippen LogP) is 3.59. The lowest BCUT2D eigenvalue weighted by Crippen LogP contribution is -2.41. The van der Waals surface area contributed by atoms with E-state index in [2.05, 4.69) is 10.3 Å². The minimum Gasteiger partial charge on any atom is -0.351 e. The molecule has 4 nitrogen and oxygen atoms in total. The van der Waals surface area contributed by atoms with E-state index in [-0.39, 0.29) is 11.4 Å². The van der Waals surface area contributed by atoms with Gasteiger partial charge in [0.25, 0.3) is 0 Å². The third kappa shape index (κ3) is 5.39. The summed E-state index contributed by atoms with van der Waals surface area (Å²) in [5, 5.41) is 4.50. The van der Waals surface area contributed by atoms with Crippen LogP contribution in [0.25, 0.3) is 0 Å². The molecule has 0 spiro atoms. The zero-order chi connectivity index (χ0) is 16.2. The average molecular weight is 338 g/mol. The van der Waals surface area contributed by atoms with Crippen LogP contribution in [0, 0.1) is 0 Å². The number of carbonyl (C=O) groups excluding carboxylic acids is 1. The number of hydrogen-bond donors (Lipinski definition) is 1. The molecule has 0 bridgehead atoms. The fourth-order valence-corrected chi connectivity index (χ4v) is 2.81. The van der Waals surface area contributed by atoms with Crippen LogP contribution < -0.4 is 5.32 Å². The highest BCUT2D eigenvalue weighted by Crippen LogP contribution is 2.18. The maximum Gasteiger partial charge on any atom is 0.230 e. The average Bonchev–Trinajstić information content (AvgIpc) is 2.84. The number of aromatic nitrogens is 2. The molecule has 0 aliphatic heterocycles. The Morgan fingerprint density at radius 1 is 1.32 bits per heavy atom. The van der Waals surface area contributed by atoms with Gasteiger partial charge in [0.1, 0.15) is 0 Å². The molecule has 1 amide bonds. The first-order valence-electron chi connectivity index (χ1n) is 7.03. The molecule has 22 heavy (non-hydrogen) atoms. The van der Waals surface area contributed by atoms with Crippen molar-refractivity contribution in [1.82, 2.24) is 14.9 Å². The maximum atomic E-state index is 11.9. The monoisotopic (exact) mass is 337 g/mol. The van der Waals surface area contributed by atoms with Gasteiger partial charge in [0.2, 0.25) is 5.91 Å². The summed E-state index contributed by atoms with van der Waals surface area (Å²) in [5.41, 5.74) is 0.930. The molecule has 1 N–H and O–H groups in total. The molecule has 0 aliphatic carbocycles. The molecular formula is C16H20ClN3OS. The summed E-state index contributed by atoms with van der Waals surface area (Å²) in [6.45, 7) is 6.62. The molecule has 2 rings (SSSR count). The van der Waals surface area contributed by atoms with Crippen LogP contribution in [-0.4, -0.2) is 26.8 Å². The summed E-state index contributed by atoms with van der Waals surface area (Å²) in [5.74, 6) is 0.369. The SMILES string of the molecule is CC(C)(C)NC(=O)CSc1nccn1Cc1ccc(Cl)cc1. The first-order valence-corrected chi connectivity index (χ1v) is 8.39. The lowest BCUT2D eigenvalue weighted by atomic mass is 10.1. The smallest absolute Gasteiger partial charge is 0.230 e. The molecule has 1 heterocycles. The second-order valence-corrected chi connectivity index (χ2v) is 7.43. The lowest BCUT2D eigenvalue weighted by molar-refractivity contribution is -0.119. The maximum absolute atomic E-state index is 11.9. The number of amides is 1. The van der Waals surface area contributed by atoms with Crippen molar-refractivity contribution >= 4 is 29.3 Å². The van der Waals surface area contributed by atoms with E-state index in [1.807, 2.05) is 55.8 Å². The number of imidazole rings is 1. The highest BCUT2D eigenvalue weighted by Gasteiger charge is 2.14. The van der Waals surface area contributed by atoms with E-state index in [1.165, 1.54) is 11.8 Å². The van der Waals surface area contributed by atoms with Crippen molar-refractivity contribution in [2.24, 2.45) is 0 Å². The Morgan fingerprint density at radius 3 is 2.64 bits per heavy atom. The van der Waals surface area contributed by atoms with Crippen LogP contribution in [-0.2, 0) is 11.3 Å². The fraction of sp³-hybridized carbons (Fsp3) is 0.375. The van der Waals surface area contributed by atoms with Crippen molar-refractivity contribution in [2.75, 3.05) is 5.75 Å². The second-order valence-electron chi connectivity index (χ2n) is 6.05. The number of halogens is 1. The molecule has 0 radical (unpaired) electrons. The van der Waals surface area contributed by atoms with E-state index in [9.17, 15) is 4.79 Å². The van der Waals surface area contributed by atoms with Crippen molar-refractivity contribution in [2.45, 2.75) is 38.0 Å². The normalized spacial score (nSPS) is 11.5. The summed E-state index contributed by atoms with van der Waals surface area (Å²) >= 11 is 7.33. The largest absolute Gasteiger partial charge is 0.351 e. The standard InChI is InChI=1S/C16H20ClN3OS/c1-16(2,3)19-14(21)11-22-15-18-8-9-20(15)10-12-4-6-13(17)7-5-12/h4-9H,10-11H2,1-3H3,(H,19,21). The number of hydrogen-bond acceptors (Lipinski definition) is 3. The molecule has 2 aromatic rings. The zero-order valence-electron chi connectivity index (χ0n) is 13.0. The molecule has 118 valence electrons. The molecular weight excluding hydrogens is 318 g/mol. The molecule has 1 aromatic heterocycles. The van der Waals surface area contributed by atoms with E-state index >= 15 is 0 Å². The van der Waals surface area contributed by atoms with Gasteiger partial charge in [-0.3, -0.25) is 4.79 Å². The van der Waals surface area contributed by atoms with E-state index in [0.29, 0.717) is 12.3 Å². The van der Waals surface area contributed by atoms with E-state index in [4.69, 9.17) is 11.6 Å². The molecule has 0 atom stereocenters. The zero-order valence-corrected chi connectivity index (χ0v) is 14.5. The van der Waals surface area contributed by atoms with Crippen molar-refractivity contribution in [3.8, 4) is 0 Å². The van der Waals surface area contributed by atoms with Gasteiger partial charge in [-0.25, -0.2) is 4.98 Å². The van der Waals surface area contributed by atoms with Crippen LogP contribution in [0.3, 0.4) is 0 Å². The minimum absolute atomic E-state index is 0.0125. The first kappa shape index (κ1) is 16.9. The van der Waals surface area contributed by atoms with Gasteiger partial charge >= 0.3 is 0 Å². The summed E-state index contributed by atoms with van der Waals surface area (Å²) < 4.78 is 2.03. The predicted molar refractivity (Wildman–Crippen MR) is 91.4 cm³/mol. The van der Waals surface area contributed by atoms with Crippen molar-refractivity contribution in [3.63, 3.8) is 0 Å². The summed E-state index contributed by atoms with van der Waals surface area (Å²) in [7, 11) is 0. The highest BCUT2D eigenvalue weighted by molar-refractivity contribution is 7.99. The van der Waals surface area contributed by atoms with Crippen molar-refractivity contribution in [1.29, 1.82) is 0 Å². The van der Waals surface area contributed by atoms with Crippen LogP contribution in [0.1, 0.15) is 26.3 Å². The van der Waals surface area contributed by atoms with E-state index in [1.54, 1.807) is 6.20 Å². The Hall–Kier alpha value is -1.46. The third-order valence-electron chi connectivity index (χ3n) is 2.79. The van der Waals surface area contributed by atoms with Crippen LogP contribution in [0.4, 0.5) is 0 Å². The van der Waals surface area contributed by atoms with Gasteiger partial charge in [-0.2, -0.15) is 0 Å². The summed E-state index contributed by atoms with van der Waals surface area (Å²) in [4.78, 5) is 16.2. The number of nitrogens with zero attached hydrogens (tertiary/aromatic N) is 2. The van der Waals surface area contributed by atoms with Gasteiger partial charge in [-0.1, -0.05) is 35.5 Å². The van der Waals surface area contributed by atoms with E-state index in [0.717, 1.165) is 15.7 Å². The first-order chi connectivity index (χ1) is 10.3. The van der Waals surface area contributed by atoms with Crippen LogP contribution in [0.15, 0.2) is 41.8 Å². The molecule has 0 aliphatic rings. The molecule has 6 heteroatoms. The van der Waals surface area contributed by atoms with Gasteiger partial charge < -0.3 is 9.88 Å². The van der Waals surface area contributed by atoms with Gasteiger partial charge in [0.05, 0.1) is 5.75 Å². The lowest BCUT2D eigenvalue weighted by Gasteiger charge is -2.20. The van der Waals surface area contributed by atoms with Gasteiger partial charge in [-0.15, -0.1) is 0 Å². The Kier molecular flexibility index (Phi) is 5.53. The number of thioether (sulfide) groups is 1. The Labute approximate surface area is 140 Å². The van der Waals surface area contributed by atoms with E-state index < -0.39 is 0 Å². The van der Waals surface area contributed by atoms with Gasteiger partial charge in [0, 0.05) is 29.5 Å². The number of benzene rings is 1. The fourth-order valence-electron chi connectivity index (χ4n) is 1.93. The number of carbonyl (C=O) groups is 1. The molecule has 0 saturated carbocycles. The summed E-state index contributed by atoms with van der Waals surface area (Å²) in [6.07, 6.45) is 3.67. The highest BCUT2D eigenvalue weighted by atomic mass is 35.5. The Bertz CT molecular complexity index is 632. The topological polar surface area (TPSA) is 46.9 Å². The second kappa shape index (κ2) is 7.20. The van der Waals surface area contributed by atoms with Gasteiger partial charge in [0.15, 0.2) is 5.16 Å². The van der Waals surface area contributed by atoms with Crippen LogP contribution in [0.2, 0.25) is 5.02 Å². The summed E-state index contributed by atoms with van der Waals surface area (Å²) in [6, 6.07) is 7.72. The number of rotatable bonds is 5. The van der Waals surface area contributed by atoms with Crippen molar-refractivity contribution < 1.29 is 4.79 Å². The Balaban J connectivity index is 1.95. The van der Waals surface area contributed by atoms with Crippen molar-refractivity contribution in [3.05, 3.63) is 47.2 Å². The van der Waals surface area contributed by atoms with Crippen LogP contribution in [0.5, 0.6) is 0 Å². The van der Waals surface area contributed by atoms with Gasteiger partial charge in [-0.05, 0) is 38.5 Å². The molecule has 0 fully saturated rings. The third-order valence-corrected chi connectivity index (χ3v) is 4.05. The Morgan fingerprint density at radius 2 is 2.00 bits per heavy atom. The quantitative estimate of drug-likeness (QED) is 0.848. The molecule has 1 aromatic carbocycles.